The summed E-state index contributed by atoms with van der Waals surface area (Å²) in [5, 5.41) is 13.1. The predicted molar refractivity (Wildman–Crippen MR) is 84.3 cm³/mol. The zero-order valence-corrected chi connectivity index (χ0v) is 13.1. The molecule has 0 aliphatic heterocycles. The molecule has 0 unspecified atom stereocenters. The van der Waals surface area contributed by atoms with Gasteiger partial charge in [-0.2, -0.15) is 0 Å². The number of hydrogen-bond acceptors (Lipinski definition) is 3. The van der Waals surface area contributed by atoms with Crippen molar-refractivity contribution in [3.8, 4) is 11.3 Å². The Kier molecular flexibility index (Phi) is 4.21. The van der Waals surface area contributed by atoms with Gasteiger partial charge in [0.1, 0.15) is 0 Å². The van der Waals surface area contributed by atoms with Gasteiger partial charge in [0.15, 0.2) is 11.5 Å². The number of benzene rings is 1. The lowest BCUT2D eigenvalue weighted by atomic mass is 9.79. The van der Waals surface area contributed by atoms with Gasteiger partial charge >= 0.3 is 5.97 Å². The molecule has 0 amide bonds. The van der Waals surface area contributed by atoms with E-state index < -0.39 is 5.97 Å². The lowest BCUT2D eigenvalue weighted by molar-refractivity contribution is 0.0686. The third-order valence-electron chi connectivity index (χ3n) is 4.47. The fourth-order valence-corrected chi connectivity index (χ4v) is 3.43. The molecule has 3 rings (SSSR count). The van der Waals surface area contributed by atoms with E-state index in [0.29, 0.717) is 16.7 Å². The van der Waals surface area contributed by atoms with Gasteiger partial charge in [0.2, 0.25) is 0 Å². The molecule has 0 radical (unpaired) electrons. The highest BCUT2D eigenvalue weighted by molar-refractivity contribution is 6.31. The Labute approximate surface area is 134 Å². The first-order valence-corrected chi connectivity index (χ1v) is 7.92. The van der Waals surface area contributed by atoms with Crippen LogP contribution < -0.4 is 0 Å². The number of aromatic carboxylic acids is 1. The summed E-state index contributed by atoms with van der Waals surface area (Å²) in [6.45, 7) is 2.30. The van der Waals surface area contributed by atoms with E-state index in [2.05, 4.69) is 12.1 Å². The molecule has 5 heteroatoms. The monoisotopic (exact) mass is 319 g/mol. The minimum atomic E-state index is -1.10. The maximum atomic E-state index is 10.9. The van der Waals surface area contributed by atoms with Gasteiger partial charge in [-0.1, -0.05) is 48.7 Å². The van der Waals surface area contributed by atoms with Gasteiger partial charge in [-0.15, -0.1) is 0 Å². The molecule has 4 nitrogen and oxygen atoms in total. The van der Waals surface area contributed by atoms with Crippen molar-refractivity contribution in [3.63, 3.8) is 0 Å². The van der Waals surface area contributed by atoms with E-state index >= 15 is 0 Å². The Hall–Kier alpha value is -1.81. The summed E-state index contributed by atoms with van der Waals surface area (Å²) in [7, 11) is 0. The minimum Gasteiger partial charge on any atom is -0.476 e. The van der Waals surface area contributed by atoms with E-state index in [1.54, 1.807) is 0 Å². The van der Waals surface area contributed by atoms with Gasteiger partial charge in [0.05, 0.1) is 0 Å². The minimum absolute atomic E-state index is 0.100. The van der Waals surface area contributed by atoms with Crippen LogP contribution in [0.1, 0.15) is 54.6 Å². The molecule has 1 aliphatic carbocycles. The molecule has 116 valence electrons. The first-order valence-electron chi connectivity index (χ1n) is 7.54. The van der Waals surface area contributed by atoms with E-state index in [-0.39, 0.29) is 5.69 Å². The Balaban J connectivity index is 1.83. The first kappa shape index (κ1) is 15.1. The Morgan fingerprint density at radius 3 is 2.59 bits per heavy atom. The second-order valence-corrected chi connectivity index (χ2v) is 6.48. The lowest BCUT2D eigenvalue weighted by Gasteiger charge is -2.27. The summed E-state index contributed by atoms with van der Waals surface area (Å²) in [4.78, 5) is 10.9. The van der Waals surface area contributed by atoms with Crippen LogP contribution in [0.5, 0.6) is 0 Å². The number of carbonyl (C=O) groups is 1. The zero-order chi connectivity index (χ0) is 15.7. The number of hydrogen-bond donors (Lipinski definition) is 1. The topological polar surface area (TPSA) is 63.3 Å². The Morgan fingerprint density at radius 1 is 1.27 bits per heavy atom. The molecule has 1 aromatic carbocycles. The molecule has 1 saturated carbocycles. The highest BCUT2D eigenvalue weighted by atomic mass is 35.5. The molecule has 1 fully saturated rings. The average Bonchev–Trinajstić information content (AvgIpc) is 2.98. The maximum Gasteiger partial charge on any atom is 0.358 e. The molecule has 1 aromatic heterocycles. The molecule has 1 heterocycles. The summed E-state index contributed by atoms with van der Waals surface area (Å²) < 4.78 is 5.08. The second-order valence-electron chi connectivity index (χ2n) is 6.07. The van der Waals surface area contributed by atoms with Gasteiger partial charge < -0.3 is 9.63 Å². The van der Waals surface area contributed by atoms with Crippen molar-refractivity contribution >= 4 is 17.6 Å². The molecule has 2 aromatic rings. The maximum absolute atomic E-state index is 10.9. The van der Waals surface area contributed by atoms with Crippen LogP contribution in [-0.4, -0.2) is 16.2 Å². The van der Waals surface area contributed by atoms with Crippen molar-refractivity contribution in [1.29, 1.82) is 0 Å². The summed E-state index contributed by atoms with van der Waals surface area (Å²) in [5.41, 5.74) is 1.82. The van der Waals surface area contributed by atoms with Crippen LogP contribution in [0.25, 0.3) is 11.3 Å². The highest BCUT2D eigenvalue weighted by Gasteiger charge is 2.22. The molecule has 0 spiro atoms. The van der Waals surface area contributed by atoms with E-state index in [1.807, 2.05) is 18.2 Å². The van der Waals surface area contributed by atoms with Crippen molar-refractivity contribution in [2.24, 2.45) is 5.92 Å². The molecule has 0 saturated heterocycles. The number of halogens is 1. The van der Waals surface area contributed by atoms with Gasteiger partial charge in [0.25, 0.3) is 0 Å². The number of carboxylic acids is 1. The fourth-order valence-electron chi connectivity index (χ4n) is 3.09. The Morgan fingerprint density at radius 2 is 2.00 bits per heavy atom. The molecule has 1 aliphatic rings. The highest BCUT2D eigenvalue weighted by Crippen LogP contribution is 2.39. The van der Waals surface area contributed by atoms with Crippen molar-refractivity contribution in [2.45, 2.75) is 38.5 Å². The van der Waals surface area contributed by atoms with Crippen LogP contribution in [0.15, 0.2) is 28.8 Å². The standard InChI is InChI=1S/C17H18ClNO3/c1-10-2-4-11(5-3-10)13-7-6-12(8-14(13)18)16-9-15(17(20)21)19-22-16/h6-11H,2-5H2,1H3,(H,20,21). The Bertz CT molecular complexity index is 687. The summed E-state index contributed by atoms with van der Waals surface area (Å²) >= 11 is 6.44. The van der Waals surface area contributed by atoms with Crippen LogP contribution in [0.3, 0.4) is 0 Å². The van der Waals surface area contributed by atoms with Crippen LogP contribution >= 0.6 is 11.6 Å². The van der Waals surface area contributed by atoms with Crippen molar-refractivity contribution < 1.29 is 14.4 Å². The number of nitrogens with zero attached hydrogens (tertiary/aromatic N) is 1. The predicted octanol–water partition coefficient (Wildman–Crippen LogP) is 4.99. The van der Waals surface area contributed by atoms with Crippen LogP contribution in [0.4, 0.5) is 0 Å². The normalized spacial score (nSPS) is 21.7. The molecule has 0 atom stereocenters. The number of aromatic nitrogens is 1. The number of carboxylic acid groups (broad SMARTS) is 1. The summed E-state index contributed by atoms with van der Waals surface area (Å²) in [6.07, 6.45) is 4.83. The third-order valence-corrected chi connectivity index (χ3v) is 4.80. The fraction of sp³-hybridized carbons (Fsp3) is 0.412. The second kappa shape index (κ2) is 6.13. The van der Waals surface area contributed by atoms with Gasteiger partial charge in [-0.3, -0.25) is 0 Å². The number of rotatable bonds is 3. The summed E-state index contributed by atoms with van der Waals surface area (Å²) in [6, 6.07) is 7.20. The van der Waals surface area contributed by atoms with E-state index in [9.17, 15) is 4.79 Å². The SMILES string of the molecule is CC1CCC(c2ccc(-c3cc(C(=O)O)no3)cc2Cl)CC1. The van der Waals surface area contributed by atoms with Gasteiger partial charge in [-0.25, -0.2) is 4.79 Å². The van der Waals surface area contributed by atoms with Crippen LogP contribution in [0, 0.1) is 5.92 Å². The van der Waals surface area contributed by atoms with E-state index in [4.69, 9.17) is 21.2 Å². The average molecular weight is 320 g/mol. The van der Waals surface area contributed by atoms with Crippen LogP contribution in [-0.2, 0) is 0 Å². The van der Waals surface area contributed by atoms with Crippen LogP contribution in [0.2, 0.25) is 5.02 Å². The zero-order valence-electron chi connectivity index (χ0n) is 12.4. The quantitative estimate of drug-likeness (QED) is 0.865. The van der Waals surface area contributed by atoms with Gasteiger partial charge in [-0.05, 0) is 36.3 Å². The summed E-state index contributed by atoms with van der Waals surface area (Å²) in [5.74, 6) is 0.636. The van der Waals surface area contributed by atoms with Gasteiger partial charge in [0, 0.05) is 16.7 Å². The lowest BCUT2D eigenvalue weighted by Crippen LogP contribution is -2.11. The van der Waals surface area contributed by atoms with Crippen molar-refractivity contribution in [1.82, 2.24) is 5.16 Å². The molecular weight excluding hydrogens is 302 g/mol. The van der Waals surface area contributed by atoms with Crippen molar-refractivity contribution in [2.75, 3.05) is 0 Å². The van der Waals surface area contributed by atoms with Crippen molar-refractivity contribution in [3.05, 3.63) is 40.5 Å². The largest absolute Gasteiger partial charge is 0.476 e. The van der Waals surface area contributed by atoms with E-state index in [1.165, 1.54) is 37.3 Å². The molecule has 22 heavy (non-hydrogen) atoms. The molecular formula is C17H18ClNO3. The third kappa shape index (κ3) is 3.02. The smallest absolute Gasteiger partial charge is 0.358 e. The molecule has 1 N–H and O–H groups in total. The first-order chi connectivity index (χ1) is 10.5. The molecule has 0 bridgehead atoms. The van der Waals surface area contributed by atoms with E-state index in [0.717, 1.165) is 11.5 Å².